The fourth-order valence-electron chi connectivity index (χ4n) is 1.78. The summed E-state index contributed by atoms with van der Waals surface area (Å²) in [6.45, 7) is 4.26. The van der Waals surface area contributed by atoms with Gasteiger partial charge in [0.15, 0.2) is 0 Å². The van der Waals surface area contributed by atoms with Gasteiger partial charge in [-0.15, -0.1) is 0 Å². The van der Waals surface area contributed by atoms with Crippen LogP contribution in [-0.2, 0) is 12.6 Å². The molecule has 0 spiro atoms. The van der Waals surface area contributed by atoms with E-state index in [1.807, 2.05) is 0 Å². The molecule has 1 aromatic rings. The highest BCUT2D eigenvalue weighted by atomic mass is 19.4. The van der Waals surface area contributed by atoms with E-state index in [0.717, 1.165) is 30.5 Å². The van der Waals surface area contributed by atoms with E-state index in [2.05, 4.69) is 13.8 Å². The predicted octanol–water partition coefficient (Wildman–Crippen LogP) is 4.01. The van der Waals surface area contributed by atoms with Crippen LogP contribution < -0.4 is 5.73 Å². The average molecular weight is 259 g/mol. The lowest BCUT2D eigenvalue weighted by atomic mass is 9.98. The van der Waals surface area contributed by atoms with Gasteiger partial charge in [-0.3, -0.25) is 0 Å². The molecule has 2 N–H and O–H groups in total. The molecule has 4 heteroatoms. The standard InChI is InChI=1S/C14H20F3N/c1-10(2)3-8-13(18)9-11-4-6-12(7-5-11)14(15,16)17/h4-7,10,13H,3,8-9,18H2,1-2H3. The number of nitrogens with two attached hydrogens (primary N) is 1. The molecule has 1 unspecified atom stereocenters. The Labute approximate surface area is 106 Å². The first-order chi connectivity index (χ1) is 8.29. The van der Waals surface area contributed by atoms with Gasteiger partial charge >= 0.3 is 6.18 Å². The Hall–Kier alpha value is -1.03. The summed E-state index contributed by atoms with van der Waals surface area (Å²) in [5.41, 5.74) is 6.21. The molecule has 102 valence electrons. The van der Waals surface area contributed by atoms with Gasteiger partial charge in [-0.25, -0.2) is 0 Å². The van der Waals surface area contributed by atoms with Crippen molar-refractivity contribution in [1.29, 1.82) is 0 Å². The van der Waals surface area contributed by atoms with Crippen molar-refractivity contribution in [2.45, 2.75) is 45.3 Å². The summed E-state index contributed by atoms with van der Waals surface area (Å²) in [6, 6.07) is 5.27. The van der Waals surface area contributed by atoms with Gasteiger partial charge in [0.1, 0.15) is 0 Å². The molecule has 1 nitrogen and oxygen atoms in total. The van der Waals surface area contributed by atoms with Crippen molar-refractivity contribution in [3.05, 3.63) is 35.4 Å². The van der Waals surface area contributed by atoms with Gasteiger partial charge in [0, 0.05) is 6.04 Å². The van der Waals surface area contributed by atoms with Crippen LogP contribution in [0.3, 0.4) is 0 Å². The quantitative estimate of drug-likeness (QED) is 0.849. The lowest BCUT2D eigenvalue weighted by Gasteiger charge is -2.14. The van der Waals surface area contributed by atoms with Crippen LogP contribution >= 0.6 is 0 Å². The summed E-state index contributed by atoms with van der Waals surface area (Å²) >= 11 is 0. The summed E-state index contributed by atoms with van der Waals surface area (Å²) in [7, 11) is 0. The van der Waals surface area contributed by atoms with Gasteiger partial charge in [-0.05, 0) is 42.9 Å². The third kappa shape index (κ3) is 5.08. The zero-order chi connectivity index (χ0) is 13.8. The Kier molecular flexibility index (Phi) is 5.20. The fourth-order valence-corrected chi connectivity index (χ4v) is 1.78. The molecule has 0 heterocycles. The van der Waals surface area contributed by atoms with Crippen molar-refractivity contribution in [1.82, 2.24) is 0 Å². The Balaban J connectivity index is 2.53. The molecule has 18 heavy (non-hydrogen) atoms. The number of benzene rings is 1. The highest BCUT2D eigenvalue weighted by Gasteiger charge is 2.29. The van der Waals surface area contributed by atoms with E-state index in [9.17, 15) is 13.2 Å². The molecule has 0 bridgehead atoms. The first kappa shape index (κ1) is 15.0. The number of rotatable bonds is 5. The van der Waals surface area contributed by atoms with Crippen LogP contribution in [-0.4, -0.2) is 6.04 Å². The Morgan fingerprint density at radius 2 is 1.61 bits per heavy atom. The molecule has 1 aromatic carbocycles. The molecule has 0 aliphatic carbocycles. The van der Waals surface area contributed by atoms with Crippen LogP contribution in [0.1, 0.15) is 37.8 Å². The fraction of sp³-hybridized carbons (Fsp3) is 0.571. The molecule has 0 aliphatic heterocycles. The third-order valence-electron chi connectivity index (χ3n) is 2.89. The Morgan fingerprint density at radius 3 is 2.06 bits per heavy atom. The summed E-state index contributed by atoms with van der Waals surface area (Å²) < 4.78 is 37.1. The van der Waals surface area contributed by atoms with Gasteiger partial charge in [0.2, 0.25) is 0 Å². The summed E-state index contributed by atoms with van der Waals surface area (Å²) in [4.78, 5) is 0. The Morgan fingerprint density at radius 1 is 1.06 bits per heavy atom. The molecule has 0 aliphatic rings. The smallest absolute Gasteiger partial charge is 0.327 e. The molecule has 1 atom stereocenters. The van der Waals surface area contributed by atoms with Crippen LogP contribution in [0.4, 0.5) is 13.2 Å². The second-order valence-electron chi connectivity index (χ2n) is 5.13. The lowest BCUT2D eigenvalue weighted by Crippen LogP contribution is -2.23. The first-order valence-electron chi connectivity index (χ1n) is 6.20. The zero-order valence-electron chi connectivity index (χ0n) is 10.8. The van der Waals surface area contributed by atoms with E-state index in [1.54, 1.807) is 0 Å². The highest BCUT2D eigenvalue weighted by molar-refractivity contribution is 5.25. The maximum Gasteiger partial charge on any atom is 0.416 e. The van der Waals surface area contributed by atoms with E-state index in [0.29, 0.717) is 12.3 Å². The third-order valence-corrected chi connectivity index (χ3v) is 2.89. The predicted molar refractivity (Wildman–Crippen MR) is 67.2 cm³/mol. The van der Waals surface area contributed by atoms with Crippen LogP contribution in [0.15, 0.2) is 24.3 Å². The number of alkyl halides is 3. The normalized spacial score (nSPS) is 13.9. The van der Waals surface area contributed by atoms with Crippen molar-refractivity contribution >= 4 is 0 Å². The SMILES string of the molecule is CC(C)CCC(N)Cc1ccc(C(F)(F)F)cc1. The van der Waals surface area contributed by atoms with Crippen LogP contribution in [0.5, 0.6) is 0 Å². The topological polar surface area (TPSA) is 26.0 Å². The van der Waals surface area contributed by atoms with Gasteiger partial charge in [0.05, 0.1) is 5.56 Å². The minimum absolute atomic E-state index is 0.0177. The molecule has 0 fully saturated rings. The second kappa shape index (κ2) is 6.23. The van der Waals surface area contributed by atoms with E-state index >= 15 is 0 Å². The van der Waals surface area contributed by atoms with E-state index in [-0.39, 0.29) is 6.04 Å². The Bertz CT molecular complexity index is 354. The molecule has 0 aromatic heterocycles. The number of hydrogen-bond donors (Lipinski definition) is 1. The van der Waals surface area contributed by atoms with Crippen LogP contribution in [0.2, 0.25) is 0 Å². The highest BCUT2D eigenvalue weighted by Crippen LogP contribution is 2.29. The van der Waals surface area contributed by atoms with Crippen LogP contribution in [0, 0.1) is 5.92 Å². The molecule has 0 amide bonds. The molecule has 0 saturated carbocycles. The molecule has 1 rings (SSSR count). The van der Waals surface area contributed by atoms with E-state index in [1.165, 1.54) is 12.1 Å². The van der Waals surface area contributed by atoms with Gasteiger partial charge < -0.3 is 5.73 Å². The molecule has 0 radical (unpaired) electrons. The van der Waals surface area contributed by atoms with E-state index < -0.39 is 11.7 Å². The summed E-state index contributed by atoms with van der Waals surface area (Å²) in [6.07, 6.45) is -1.69. The maximum absolute atomic E-state index is 12.4. The van der Waals surface area contributed by atoms with Gasteiger partial charge in [0.25, 0.3) is 0 Å². The minimum Gasteiger partial charge on any atom is -0.327 e. The zero-order valence-corrected chi connectivity index (χ0v) is 10.8. The first-order valence-corrected chi connectivity index (χ1v) is 6.20. The average Bonchev–Trinajstić information content (AvgIpc) is 2.26. The summed E-state index contributed by atoms with van der Waals surface area (Å²) in [5.74, 6) is 0.601. The van der Waals surface area contributed by atoms with Crippen molar-refractivity contribution in [2.24, 2.45) is 11.7 Å². The number of halogens is 3. The van der Waals surface area contributed by atoms with Crippen LogP contribution in [0.25, 0.3) is 0 Å². The maximum atomic E-state index is 12.4. The number of hydrogen-bond acceptors (Lipinski definition) is 1. The summed E-state index contributed by atoms with van der Waals surface area (Å²) in [5, 5.41) is 0. The monoisotopic (exact) mass is 259 g/mol. The van der Waals surface area contributed by atoms with Crippen molar-refractivity contribution < 1.29 is 13.2 Å². The largest absolute Gasteiger partial charge is 0.416 e. The molecule has 0 saturated heterocycles. The van der Waals surface area contributed by atoms with Crippen molar-refractivity contribution in [3.63, 3.8) is 0 Å². The second-order valence-corrected chi connectivity index (χ2v) is 5.13. The van der Waals surface area contributed by atoms with Crippen molar-refractivity contribution in [2.75, 3.05) is 0 Å². The van der Waals surface area contributed by atoms with Gasteiger partial charge in [-0.2, -0.15) is 13.2 Å². The van der Waals surface area contributed by atoms with Gasteiger partial charge in [-0.1, -0.05) is 26.0 Å². The molecular weight excluding hydrogens is 239 g/mol. The lowest BCUT2D eigenvalue weighted by molar-refractivity contribution is -0.137. The minimum atomic E-state index is -4.27. The van der Waals surface area contributed by atoms with E-state index in [4.69, 9.17) is 5.73 Å². The molecular formula is C14H20F3N. The van der Waals surface area contributed by atoms with Crippen molar-refractivity contribution in [3.8, 4) is 0 Å².